The van der Waals surface area contributed by atoms with Gasteiger partial charge >= 0.3 is 0 Å². The fourth-order valence-electron chi connectivity index (χ4n) is 3.01. The van der Waals surface area contributed by atoms with E-state index in [-0.39, 0.29) is 11.8 Å². The molecule has 0 bridgehead atoms. The Morgan fingerprint density at radius 2 is 1.73 bits per heavy atom. The van der Waals surface area contributed by atoms with Crippen LogP contribution in [0.1, 0.15) is 0 Å². The third-order valence-corrected chi connectivity index (χ3v) is 4.38. The summed E-state index contributed by atoms with van der Waals surface area (Å²) in [5.41, 5.74) is 8.06. The highest BCUT2D eigenvalue weighted by Gasteiger charge is 2.16. The van der Waals surface area contributed by atoms with Gasteiger partial charge in [0.15, 0.2) is 17.1 Å². The first kappa shape index (κ1) is 19.2. The van der Waals surface area contributed by atoms with E-state index < -0.39 is 5.82 Å². The van der Waals surface area contributed by atoms with Gasteiger partial charge in [0.05, 0.1) is 38.8 Å². The Labute approximate surface area is 170 Å². The Kier molecular flexibility index (Phi) is 4.92. The standard InChI is InChI=1S/C19H18FN7O3/c1-28-13-5-10(6-14(29-2)16(13)30-3)24-19-23-8-12(17(21)25-19)15-11-4-9(20)7-22-18(11)27-26-15/h4-8H,1-3H3,(H,22,26,27)(H3,21,23,24,25). The number of H-pyrrole nitrogens is 1. The van der Waals surface area contributed by atoms with Crippen LogP contribution in [-0.4, -0.2) is 46.5 Å². The predicted molar refractivity (Wildman–Crippen MR) is 109 cm³/mol. The topological polar surface area (TPSA) is 133 Å². The molecule has 0 fully saturated rings. The van der Waals surface area contributed by atoms with E-state index in [0.29, 0.717) is 45.2 Å². The minimum absolute atomic E-state index is 0.176. The van der Waals surface area contributed by atoms with E-state index in [1.807, 2.05) is 0 Å². The van der Waals surface area contributed by atoms with E-state index in [4.69, 9.17) is 19.9 Å². The number of aromatic nitrogens is 5. The normalized spacial score (nSPS) is 10.8. The molecule has 0 aliphatic rings. The molecular formula is C19H18FN7O3. The van der Waals surface area contributed by atoms with Crippen molar-refractivity contribution in [2.75, 3.05) is 32.4 Å². The average molecular weight is 411 g/mol. The molecule has 30 heavy (non-hydrogen) atoms. The number of methoxy groups -OCH3 is 3. The van der Waals surface area contributed by atoms with Gasteiger partial charge in [0.1, 0.15) is 11.6 Å². The van der Waals surface area contributed by atoms with Gasteiger partial charge in [-0.05, 0) is 6.07 Å². The zero-order valence-electron chi connectivity index (χ0n) is 16.4. The summed E-state index contributed by atoms with van der Waals surface area (Å²) < 4.78 is 29.6. The molecule has 4 N–H and O–H groups in total. The Hall–Kier alpha value is -4.15. The maximum absolute atomic E-state index is 13.6. The Bertz CT molecular complexity index is 1200. The Morgan fingerprint density at radius 3 is 2.37 bits per heavy atom. The molecule has 0 saturated heterocycles. The van der Waals surface area contributed by atoms with Crippen molar-refractivity contribution >= 4 is 28.5 Å². The Morgan fingerprint density at radius 1 is 1.00 bits per heavy atom. The molecule has 0 aliphatic carbocycles. The smallest absolute Gasteiger partial charge is 0.229 e. The fourth-order valence-corrected chi connectivity index (χ4v) is 3.01. The lowest BCUT2D eigenvalue weighted by Gasteiger charge is -2.15. The van der Waals surface area contributed by atoms with Crippen LogP contribution in [0.3, 0.4) is 0 Å². The molecule has 154 valence electrons. The van der Waals surface area contributed by atoms with Crippen molar-refractivity contribution in [2.24, 2.45) is 0 Å². The number of pyridine rings is 1. The molecule has 0 saturated carbocycles. The molecule has 3 heterocycles. The number of hydrogen-bond acceptors (Lipinski definition) is 9. The van der Waals surface area contributed by atoms with Crippen molar-refractivity contribution in [2.45, 2.75) is 0 Å². The fraction of sp³-hybridized carbons (Fsp3) is 0.158. The van der Waals surface area contributed by atoms with Crippen molar-refractivity contribution in [3.05, 3.63) is 36.4 Å². The zero-order chi connectivity index (χ0) is 21.3. The first-order valence-electron chi connectivity index (χ1n) is 8.73. The molecule has 0 atom stereocenters. The number of nitrogens with zero attached hydrogens (tertiary/aromatic N) is 4. The first-order valence-corrected chi connectivity index (χ1v) is 8.73. The minimum atomic E-state index is -0.481. The van der Waals surface area contributed by atoms with Crippen LogP contribution in [0.4, 0.5) is 21.8 Å². The highest BCUT2D eigenvalue weighted by Crippen LogP contribution is 2.40. The van der Waals surface area contributed by atoms with Crippen LogP contribution in [0.5, 0.6) is 17.2 Å². The van der Waals surface area contributed by atoms with Crippen LogP contribution >= 0.6 is 0 Å². The van der Waals surface area contributed by atoms with E-state index in [9.17, 15) is 4.39 Å². The average Bonchev–Trinajstić information content (AvgIpc) is 3.15. The van der Waals surface area contributed by atoms with Gasteiger partial charge in [-0.25, -0.2) is 14.4 Å². The molecule has 1 aromatic carbocycles. The van der Waals surface area contributed by atoms with Crippen LogP contribution in [0, 0.1) is 5.82 Å². The second kappa shape index (κ2) is 7.70. The number of fused-ring (bicyclic) bond motifs is 1. The number of nitrogens with two attached hydrogens (primary N) is 1. The summed E-state index contributed by atoms with van der Waals surface area (Å²) in [7, 11) is 4.57. The number of nitrogen functional groups attached to an aromatic ring is 1. The molecule has 4 rings (SSSR count). The highest BCUT2D eigenvalue weighted by molar-refractivity contribution is 5.93. The second-order valence-corrected chi connectivity index (χ2v) is 6.15. The van der Waals surface area contributed by atoms with Gasteiger partial charge in [-0.15, -0.1) is 0 Å². The van der Waals surface area contributed by atoms with Crippen LogP contribution < -0.4 is 25.3 Å². The lowest BCUT2D eigenvalue weighted by molar-refractivity contribution is 0.324. The summed E-state index contributed by atoms with van der Waals surface area (Å²) in [6, 6.07) is 4.75. The summed E-state index contributed by atoms with van der Waals surface area (Å²) in [4.78, 5) is 12.5. The molecular weight excluding hydrogens is 393 g/mol. The van der Waals surface area contributed by atoms with Gasteiger partial charge in [-0.1, -0.05) is 0 Å². The van der Waals surface area contributed by atoms with Gasteiger partial charge in [-0.3, -0.25) is 5.10 Å². The third-order valence-electron chi connectivity index (χ3n) is 4.38. The molecule has 0 aliphatic heterocycles. The molecule has 0 amide bonds. The van der Waals surface area contributed by atoms with E-state index in [1.165, 1.54) is 33.6 Å². The summed E-state index contributed by atoms with van der Waals surface area (Å²) in [6.45, 7) is 0. The lowest BCUT2D eigenvalue weighted by atomic mass is 10.1. The number of ether oxygens (including phenoxy) is 3. The molecule has 0 radical (unpaired) electrons. The molecule has 3 aromatic heterocycles. The first-order chi connectivity index (χ1) is 14.5. The molecule has 10 nitrogen and oxygen atoms in total. The van der Waals surface area contributed by atoms with Crippen molar-refractivity contribution in [3.8, 4) is 28.5 Å². The van der Waals surface area contributed by atoms with Crippen LogP contribution in [-0.2, 0) is 0 Å². The SMILES string of the molecule is COc1cc(Nc2ncc(-c3[nH]nc4ncc(F)cc34)c(N)n2)cc(OC)c1OC. The van der Waals surface area contributed by atoms with Crippen molar-refractivity contribution in [1.29, 1.82) is 0 Å². The minimum Gasteiger partial charge on any atom is -0.493 e. The van der Waals surface area contributed by atoms with Gasteiger partial charge in [-0.2, -0.15) is 10.1 Å². The number of rotatable bonds is 6. The van der Waals surface area contributed by atoms with Gasteiger partial charge < -0.3 is 25.3 Å². The van der Waals surface area contributed by atoms with Crippen LogP contribution in [0.25, 0.3) is 22.3 Å². The van der Waals surface area contributed by atoms with E-state index in [0.717, 1.165) is 6.20 Å². The highest BCUT2D eigenvalue weighted by atomic mass is 19.1. The summed E-state index contributed by atoms with van der Waals surface area (Å²) in [5.74, 6) is 1.36. The number of aromatic amines is 1. The van der Waals surface area contributed by atoms with Crippen molar-refractivity contribution in [1.82, 2.24) is 25.1 Å². The monoisotopic (exact) mass is 411 g/mol. The van der Waals surface area contributed by atoms with E-state index in [2.05, 4.69) is 30.5 Å². The number of benzene rings is 1. The summed E-state index contributed by atoms with van der Waals surface area (Å²) in [6.07, 6.45) is 2.61. The molecule has 11 heteroatoms. The third kappa shape index (κ3) is 3.36. The van der Waals surface area contributed by atoms with Gasteiger partial charge in [0.2, 0.25) is 11.7 Å². The van der Waals surface area contributed by atoms with Gasteiger partial charge in [0.25, 0.3) is 0 Å². The number of halogens is 1. The van der Waals surface area contributed by atoms with Crippen LogP contribution in [0.15, 0.2) is 30.6 Å². The van der Waals surface area contributed by atoms with E-state index in [1.54, 1.807) is 12.1 Å². The largest absolute Gasteiger partial charge is 0.493 e. The van der Waals surface area contributed by atoms with Gasteiger partial charge in [0, 0.05) is 29.4 Å². The maximum atomic E-state index is 13.6. The zero-order valence-corrected chi connectivity index (χ0v) is 16.4. The van der Waals surface area contributed by atoms with Crippen LogP contribution in [0.2, 0.25) is 0 Å². The summed E-state index contributed by atoms with van der Waals surface area (Å²) >= 11 is 0. The lowest BCUT2D eigenvalue weighted by Crippen LogP contribution is -2.03. The summed E-state index contributed by atoms with van der Waals surface area (Å²) in [5, 5.41) is 10.4. The molecule has 0 unspecified atom stereocenters. The van der Waals surface area contributed by atoms with Crippen molar-refractivity contribution in [3.63, 3.8) is 0 Å². The Balaban J connectivity index is 1.68. The number of anilines is 3. The molecule has 0 spiro atoms. The second-order valence-electron chi connectivity index (χ2n) is 6.15. The van der Waals surface area contributed by atoms with Crippen molar-refractivity contribution < 1.29 is 18.6 Å². The maximum Gasteiger partial charge on any atom is 0.229 e. The quantitative estimate of drug-likeness (QED) is 0.438. The predicted octanol–water partition coefficient (Wildman–Crippen LogP) is 2.91. The number of hydrogen-bond donors (Lipinski definition) is 3. The van der Waals surface area contributed by atoms with E-state index >= 15 is 0 Å². The molecule has 4 aromatic rings. The number of nitrogens with one attached hydrogen (secondary N) is 2.